The Labute approximate surface area is 117 Å². The molecule has 1 aliphatic rings. The number of amides is 1. The molecule has 1 aromatic rings. The van der Waals surface area contributed by atoms with E-state index in [1.165, 1.54) is 0 Å². The van der Waals surface area contributed by atoms with Crippen LogP contribution in [-0.2, 0) is 14.3 Å². The van der Waals surface area contributed by atoms with E-state index in [1.807, 2.05) is 0 Å². The normalized spacial score (nSPS) is 19.6. The molecule has 1 aromatic carbocycles. The van der Waals surface area contributed by atoms with Gasteiger partial charge < -0.3 is 15.2 Å². The number of ether oxygens (including phenoxy) is 1. The number of carboxylic acids is 1. The van der Waals surface area contributed by atoms with Gasteiger partial charge in [0.25, 0.3) is 0 Å². The van der Waals surface area contributed by atoms with Crippen molar-refractivity contribution in [1.29, 1.82) is 0 Å². The lowest BCUT2D eigenvalue weighted by Crippen LogP contribution is -2.19. The van der Waals surface area contributed by atoms with Crippen LogP contribution in [-0.4, -0.2) is 29.7 Å². The Kier molecular flexibility index (Phi) is 4.74. The molecule has 1 fully saturated rings. The second-order valence-corrected chi connectivity index (χ2v) is 5.07. The Morgan fingerprint density at radius 2 is 2.30 bits per heavy atom. The molecule has 108 valence electrons. The van der Waals surface area contributed by atoms with Crippen molar-refractivity contribution in [3.8, 4) is 0 Å². The highest BCUT2D eigenvalue weighted by Crippen LogP contribution is 2.20. The zero-order chi connectivity index (χ0) is 14.5. The SMILES string of the molecule is CC(C(=O)O)c1cccc(NC(=O)CC2CCCO2)c1. The average molecular weight is 277 g/mol. The van der Waals surface area contributed by atoms with Crippen molar-refractivity contribution in [1.82, 2.24) is 0 Å². The molecule has 1 saturated heterocycles. The number of carbonyl (C=O) groups is 2. The quantitative estimate of drug-likeness (QED) is 0.866. The molecule has 2 unspecified atom stereocenters. The summed E-state index contributed by atoms with van der Waals surface area (Å²) in [4.78, 5) is 22.8. The summed E-state index contributed by atoms with van der Waals surface area (Å²) in [5, 5.41) is 11.8. The molecule has 0 saturated carbocycles. The number of benzene rings is 1. The highest BCUT2D eigenvalue weighted by atomic mass is 16.5. The molecule has 0 aromatic heterocycles. The molecule has 0 radical (unpaired) electrons. The van der Waals surface area contributed by atoms with Crippen LogP contribution in [0.5, 0.6) is 0 Å². The molecular formula is C15H19NO4. The van der Waals surface area contributed by atoms with Gasteiger partial charge in [-0.15, -0.1) is 0 Å². The number of hydrogen-bond acceptors (Lipinski definition) is 3. The number of anilines is 1. The summed E-state index contributed by atoms with van der Waals surface area (Å²) >= 11 is 0. The minimum Gasteiger partial charge on any atom is -0.481 e. The van der Waals surface area contributed by atoms with E-state index in [2.05, 4.69) is 5.32 Å². The predicted octanol–water partition coefficient (Wildman–Crippen LogP) is 2.38. The number of nitrogens with one attached hydrogen (secondary N) is 1. The molecule has 0 aliphatic carbocycles. The minimum atomic E-state index is -0.882. The summed E-state index contributed by atoms with van der Waals surface area (Å²) in [6, 6.07) is 6.95. The van der Waals surface area contributed by atoms with Crippen LogP contribution in [0.3, 0.4) is 0 Å². The zero-order valence-electron chi connectivity index (χ0n) is 11.5. The monoisotopic (exact) mass is 277 g/mol. The number of carboxylic acid groups (broad SMARTS) is 1. The molecule has 5 nitrogen and oxygen atoms in total. The maximum Gasteiger partial charge on any atom is 0.310 e. The Bertz CT molecular complexity index is 494. The van der Waals surface area contributed by atoms with Gasteiger partial charge in [-0.3, -0.25) is 9.59 Å². The van der Waals surface area contributed by atoms with Crippen LogP contribution in [0.4, 0.5) is 5.69 Å². The van der Waals surface area contributed by atoms with Gasteiger partial charge in [-0.2, -0.15) is 0 Å². The zero-order valence-corrected chi connectivity index (χ0v) is 11.5. The second kappa shape index (κ2) is 6.52. The second-order valence-electron chi connectivity index (χ2n) is 5.07. The van der Waals surface area contributed by atoms with Gasteiger partial charge in [-0.25, -0.2) is 0 Å². The average Bonchev–Trinajstić information content (AvgIpc) is 2.90. The predicted molar refractivity (Wildman–Crippen MR) is 74.7 cm³/mol. The van der Waals surface area contributed by atoms with Crippen molar-refractivity contribution in [3.05, 3.63) is 29.8 Å². The molecule has 0 spiro atoms. The standard InChI is InChI=1S/C15H19NO4/c1-10(15(18)19)11-4-2-5-12(8-11)16-14(17)9-13-6-3-7-20-13/h2,4-5,8,10,13H,3,6-7,9H2,1H3,(H,16,17)(H,18,19). The Morgan fingerprint density at radius 1 is 1.50 bits per heavy atom. The molecule has 5 heteroatoms. The number of hydrogen-bond donors (Lipinski definition) is 2. The van der Waals surface area contributed by atoms with Crippen molar-refractivity contribution in [3.63, 3.8) is 0 Å². The van der Waals surface area contributed by atoms with Crippen LogP contribution < -0.4 is 5.32 Å². The number of aliphatic carboxylic acids is 1. The lowest BCUT2D eigenvalue weighted by molar-refractivity contribution is -0.138. The highest BCUT2D eigenvalue weighted by molar-refractivity contribution is 5.91. The third-order valence-corrected chi connectivity index (χ3v) is 3.48. The molecule has 2 atom stereocenters. The van der Waals surface area contributed by atoms with Crippen LogP contribution in [0.1, 0.15) is 37.7 Å². The number of rotatable bonds is 5. The first-order chi connectivity index (χ1) is 9.56. The van der Waals surface area contributed by atoms with E-state index in [0.29, 0.717) is 17.7 Å². The fourth-order valence-corrected chi connectivity index (χ4v) is 2.25. The molecule has 2 N–H and O–H groups in total. The molecule has 0 bridgehead atoms. The lowest BCUT2D eigenvalue weighted by Gasteiger charge is -2.12. The van der Waals surface area contributed by atoms with Crippen LogP contribution in [0.15, 0.2) is 24.3 Å². The van der Waals surface area contributed by atoms with E-state index < -0.39 is 11.9 Å². The lowest BCUT2D eigenvalue weighted by atomic mass is 10.0. The van der Waals surface area contributed by atoms with Gasteiger partial charge in [0.1, 0.15) is 0 Å². The van der Waals surface area contributed by atoms with Crippen LogP contribution in [0.2, 0.25) is 0 Å². The first-order valence-electron chi connectivity index (χ1n) is 6.80. The topological polar surface area (TPSA) is 75.6 Å². The molecule has 1 amide bonds. The van der Waals surface area contributed by atoms with Gasteiger partial charge in [0.05, 0.1) is 18.4 Å². The summed E-state index contributed by atoms with van der Waals surface area (Å²) < 4.78 is 5.42. The van der Waals surface area contributed by atoms with Gasteiger partial charge in [0, 0.05) is 12.3 Å². The molecule has 1 aliphatic heterocycles. The summed E-state index contributed by atoms with van der Waals surface area (Å²) in [7, 11) is 0. The van der Waals surface area contributed by atoms with E-state index in [9.17, 15) is 9.59 Å². The maximum absolute atomic E-state index is 11.9. The Morgan fingerprint density at radius 3 is 2.95 bits per heavy atom. The van der Waals surface area contributed by atoms with Crippen molar-refractivity contribution in [2.45, 2.75) is 38.2 Å². The smallest absolute Gasteiger partial charge is 0.310 e. The van der Waals surface area contributed by atoms with Crippen LogP contribution >= 0.6 is 0 Å². The van der Waals surface area contributed by atoms with Crippen LogP contribution in [0.25, 0.3) is 0 Å². The first-order valence-corrected chi connectivity index (χ1v) is 6.80. The summed E-state index contributed by atoms with van der Waals surface area (Å²) in [6.45, 7) is 2.35. The van der Waals surface area contributed by atoms with Crippen molar-refractivity contribution in [2.75, 3.05) is 11.9 Å². The molecule has 1 heterocycles. The van der Waals surface area contributed by atoms with Crippen molar-refractivity contribution < 1.29 is 19.4 Å². The molecular weight excluding hydrogens is 258 g/mol. The van der Waals surface area contributed by atoms with E-state index in [1.54, 1.807) is 31.2 Å². The first kappa shape index (κ1) is 14.5. The van der Waals surface area contributed by atoms with Gasteiger partial charge in [-0.1, -0.05) is 12.1 Å². The Balaban J connectivity index is 1.96. The van der Waals surface area contributed by atoms with Crippen molar-refractivity contribution in [2.24, 2.45) is 0 Å². The maximum atomic E-state index is 11.9. The minimum absolute atomic E-state index is 0.0103. The van der Waals surface area contributed by atoms with E-state index in [0.717, 1.165) is 19.4 Å². The van der Waals surface area contributed by atoms with Gasteiger partial charge in [-0.05, 0) is 37.5 Å². The summed E-state index contributed by atoms with van der Waals surface area (Å²) in [5.41, 5.74) is 1.30. The summed E-state index contributed by atoms with van der Waals surface area (Å²) in [5.74, 6) is -1.57. The molecule has 2 rings (SSSR count). The van der Waals surface area contributed by atoms with E-state index in [-0.39, 0.29) is 12.0 Å². The fraction of sp³-hybridized carbons (Fsp3) is 0.467. The highest BCUT2D eigenvalue weighted by Gasteiger charge is 2.19. The van der Waals surface area contributed by atoms with Crippen LogP contribution in [0, 0.1) is 0 Å². The third kappa shape index (κ3) is 3.81. The third-order valence-electron chi connectivity index (χ3n) is 3.48. The van der Waals surface area contributed by atoms with Gasteiger partial charge in [0.15, 0.2) is 0 Å². The van der Waals surface area contributed by atoms with E-state index in [4.69, 9.17) is 9.84 Å². The fourth-order valence-electron chi connectivity index (χ4n) is 2.25. The van der Waals surface area contributed by atoms with Gasteiger partial charge >= 0.3 is 5.97 Å². The molecule has 20 heavy (non-hydrogen) atoms. The number of carbonyl (C=O) groups excluding carboxylic acids is 1. The Hall–Kier alpha value is -1.88. The van der Waals surface area contributed by atoms with E-state index >= 15 is 0 Å². The van der Waals surface area contributed by atoms with Crippen molar-refractivity contribution >= 4 is 17.6 Å². The largest absolute Gasteiger partial charge is 0.481 e. The summed E-state index contributed by atoms with van der Waals surface area (Å²) in [6.07, 6.45) is 2.28. The van der Waals surface area contributed by atoms with Gasteiger partial charge in [0.2, 0.25) is 5.91 Å².